The van der Waals surface area contributed by atoms with Gasteiger partial charge in [-0.05, 0) is 37.8 Å². The highest BCUT2D eigenvalue weighted by molar-refractivity contribution is 5.34. The summed E-state index contributed by atoms with van der Waals surface area (Å²) in [4.78, 5) is 0. The van der Waals surface area contributed by atoms with Crippen LogP contribution < -0.4 is 5.32 Å². The lowest BCUT2D eigenvalue weighted by atomic mass is 9.82. The molecule has 1 aromatic rings. The molecule has 0 spiro atoms. The van der Waals surface area contributed by atoms with Crippen molar-refractivity contribution in [2.75, 3.05) is 5.32 Å². The van der Waals surface area contributed by atoms with Crippen molar-refractivity contribution in [3.05, 3.63) is 17.8 Å². The summed E-state index contributed by atoms with van der Waals surface area (Å²) in [5.74, 6) is 1.78. The fourth-order valence-electron chi connectivity index (χ4n) is 1.71. The second kappa shape index (κ2) is 3.32. The molecule has 1 aliphatic carbocycles. The first-order valence-electron chi connectivity index (χ1n) is 4.81. The van der Waals surface area contributed by atoms with Crippen LogP contribution in [0.2, 0.25) is 0 Å². The number of nitrogens with zero attached hydrogens (tertiary/aromatic N) is 2. The molecule has 1 N–H and O–H groups in total. The highest BCUT2D eigenvalue weighted by atomic mass is 15.2. The van der Waals surface area contributed by atoms with Crippen LogP contribution in [0, 0.1) is 12.8 Å². The Morgan fingerprint density at radius 1 is 1.31 bits per heavy atom. The molecule has 0 aliphatic heterocycles. The molecule has 2 rings (SSSR count). The zero-order chi connectivity index (χ0) is 9.26. The van der Waals surface area contributed by atoms with Gasteiger partial charge in [0.15, 0.2) is 0 Å². The maximum atomic E-state index is 4.06. The van der Waals surface area contributed by atoms with E-state index < -0.39 is 0 Å². The van der Waals surface area contributed by atoms with E-state index in [1.807, 2.05) is 19.1 Å². The van der Waals surface area contributed by atoms with Crippen molar-refractivity contribution >= 4 is 5.82 Å². The molecule has 1 heterocycles. The monoisotopic (exact) mass is 177 g/mol. The lowest BCUT2D eigenvalue weighted by molar-refractivity contribution is 0.308. The highest BCUT2D eigenvalue weighted by Crippen LogP contribution is 2.28. The number of rotatable bonds is 2. The van der Waals surface area contributed by atoms with Crippen molar-refractivity contribution < 1.29 is 0 Å². The molecule has 3 nitrogen and oxygen atoms in total. The number of anilines is 1. The first-order chi connectivity index (χ1) is 6.24. The molecule has 0 unspecified atom stereocenters. The Hall–Kier alpha value is -1.12. The number of hydrogen-bond donors (Lipinski definition) is 1. The molecule has 1 aromatic heterocycles. The molecule has 0 aromatic carbocycles. The smallest absolute Gasteiger partial charge is 0.148 e. The molecule has 1 saturated carbocycles. The molecule has 0 bridgehead atoms. The van der Waals surface area contributed by atoms with E-state index in [-0.39, 0.29) is 0 Å². The van der Waals surface area contributed by atoms with Crippen LogP contribution in [0.15, 0.2) is 12.1 Å². The minimum atomic E-state index is 0.618. The second-order valence-corrected chi connectivity index (χ2v) is 3.98. The van der Waals surface area contributed by atoms with E-state index >= 15 is 0 Å². The molecule has 1 aliphatic rings. The van der Waals surface area contributed by atoms with Crippen molar-refractivity contribution in [3.8, 4) is 0 Å². The predicted molar refractivity (Wildman–Crippen MR) is 52.6 cm³/mol. The van der Waals surface area contributed by atoms with Gasteiger partial charge in [0.25, 0.3) is 0 Å². The lowest BCUT2D eigenvalue weighted by Gasteiger charge is -2.33. The van der Waals surface area contributed by atoms with E-state index in [1.54, 1.807) is 0 Å². The average molecular weight is 177 g/mol. The fraction of sp³-hybridized carbons (Fsp3) is 0.600. The van der Waals surface area contributed by atoms with E-state index in [9.17, 15) is 0 Å². The minimum absolute atomic E-state index is 0.618. The Labute approximate surface area is 78.6 Å². The molecule has 1 fully saturated rings. The van der Waals surface area contributed by atoms with E-state index in [1.165, 1.54) is 12.8 Å². The number of nitrogens with one attached hydrogen (secondary N) is 1. The zero-order valence-corrected chi connectivity index (χ0v) is 8.12. The van der Waals surface area contributed by atoms with Crippen LogP contribution in [0.5, 0.6) is 0 Å². The van der Waals surface area contributed by atoms with Gasteiger partial charge in [-0.1, -0.05) is 6.92 Å². The van der Waals surface area contributed by atoms with Crippen LogP contribution in [0.25, 0.3) is 0 Å². The van der Waals surface area contributed by atoms with E-state index in [0.717, 1.165) is 17.4 Å². The van der Waals surface area contributed by atoms with Crippen LogP contribution in [-0.2, 0) is 0 Å². The van der Waals surface area contributed by atoms with Crippen molar-refractivity contribution in [2.45, 2.75) is 32.7 Å². The number of aromatic nitrogens is 2. The quantitative estimate of drug-likeness (QED) is 0.750. The average Bonchev–Trinajstić information content (AvgIpc) is 2.06. The Balaban J connectivity index is 1.91. The van der Waals surface area contributed by atoms with Gasteiger partial charge in [0, 0.05) is 6.04 Å². The fourth-order valence-corrected chi connectivity index (χ4v) is 1.71. The Bertz CT molecular complexity index is 275. The van der Waals surface area contributed by atoms with Gasteiger partial charge in [0.2, 0.25) is 0 Å². The SMILES string of the molecule is Cc1ccc(NC2CC(C)C2)nn1. The van der Waals surface area contributed by atoms with Crippen LogP contribution in [0.4, 0.5) is 5.82 Å². The molecule has 0 saturated heterocycles. The standard InChI is InChI=1S/C10H15N3/c1-7-5-9(6-7)11-10-4-3-8(2)12-13-10/h3-4,7,9H,5-6H2,1-2H3,(H,11,13). The van der Waals surface area contributed by atoms with Crippen molar-refractivity contribution in [1.29, 1.82) is 0 Å². The van der Waals surface area contributed by atoms with Gasteiger partial charge < -0.3 is 5.32 Å². The van der Waals surface area contributed by atoms with E-state index in [2.05, 4.69) is 22.4 Å². The summed E-state index contributed by atoms with van der Waals surface area (Å²) in [7, 11) is 0. The van der Waals surface area contributed by atoms with Gasteiger partial charge in [0.05, 0.1) is 5.69 Å². The van der Waals surface area contributed by atoms with Crippen LogP contribution in [0.1, 0.15) is 25.5 Å². The van der Waals surface area contributed by atoms with Crippen molar-refractivity contribution in [1.82, 2.24) is 10.2 Å². The Kier molecular flexibility index (Phi) is 2.17. The van der Waals surface area contributed by atoms with Gasteiger partial charge in [0.1, 0.15) is 5.82 Å². The highest BCUT2D eigenvalue weighted by Gasteiger charge is 2.25. The minimum Gasteiger partial charge on any atom is -0.366 e. The largest absolute Gasteiger partial charge is 0.366 e. The molecule has 0 amide bonds. The lowest BCUT2D eigenvalue weighted by Crippen LogP contribution is -2.34. The molecule has 0 radical (unpaired) electrons. The summed E-state index contributed by atoms with van der Waals surface area (Å²) < 4.78 is 0. The molecular formula is C10H15N3. The third kappa shape index (κ3) is 1.97. The molecule has 0 atom stereocenters. The first kappa shape index (κ1) is 8.48. The van der Waals surface area contributed by atoms with Gasteiger partial charge in [-0.3, -0.25) is 0 Å². The number of aryl methyl sites for hydroxylation is 1. The maximum Gasteiger partial charge on any atom is 0.148 e. The van der Waals surface area contributed by atoms with Gasteiger partial charge in [-0.25, -0.2) is 0 Å². The van der Waals surface area contributed by atoms with E-state index in [4.69, 9.17) is 0 Å². The van der Waals surface area contributed by atoms with Crippen molar-refractivity contribution in [2.24, 2.45) is 5.92 Å². The van der Waals surface area contributed by atoms with Crippen LogP contribution in [-0.4, -0.2) is 16.2 Å². The number of hydrogen-bond acceptors (Lipinski definition) is 3. The van der Waals surface area contributed by atoms with Crippen molar-refractivity contribution in [3.63, 3.8) is 0 Å². The summed E-state index contributed by atoms with van der Waals surface area (Å²) in [6.07, 6.45) is 2.52. The third-order valence-electron chi connectivity index (χ3n) is 2.52. The topological polar surface area (TPSA) is 37.8 Å². The summed E-state index contributed by atoms with van der Waals surface area (Å²) >= 11 is 0. The summed E-state index contributed by atoms with van der Waals surface area (Å²) in [6, 6.07) is 4.59. The summed E-state index contributed by atoms with van der Waals surface area (Å²) in [5, 5.41) is 11.4. The zero-order valence-electron chi connectivity index (χ0n) is 8.12. The summed E-state index contributed by atoms with van der Waals surface area (Å²) in [5.41, 5.74) is 0.965. The molecule has 70 valence electrons. The van der Waals surface area contributed by atoms with Crippen LogP contribution >= 0.6 is 0 Å². The molecule has 13 heavy (non-hydrogen) atoms. The molecular weight excluding hydrogens is 162 g/mol. The maximum absolute atomic E-state index is 4.06. The normalized spacial score (nSPS) is 26.6. The second-order valence-electron chi connectivity index (χ2n) is 3.98. The van der Waals surface area contributed by atoms with Gasteiger partial charge in [-0.2, -0.15) is 5.10 Å². The Morgan fingerprint density at radius 2 is 2.08 bits per heavy atom. The van der Waals surface area contributed by atoms with E-state index in [0.29, 0.717) is 6.04 Å². The predicted octanol–water partition coefficient (Wildman–Crippen LogP) is 2.00. The van der Waals surface area contributed by atoms with Gasteiger partial charge >= 0.3 is 0 Å². The third-order valence-corrected chi connectivity index (χ3v) is 2.52. The molecule has 3 heteroatoms. The van der Waals surface area contributed by atoms with Crippen LogP contribution in [0.3, 0.4) is 0 Å². The summed E-state index contributed by atoms with van der Waals surface area (Å²) in [6.45, 7) is 4.22. The Morgan fingerprint density at radius 3 is 2.62 bits per heavy atom. The van der Waals surface area contributed by atoms with Gasteiger partial charge in [-0.15, -0.1) is 5.10 Å². The first-order valence-corrected chi connectivity index (χ1v) is 4.81.